The Labute approximate surface area is 157 Å². The van der Waals surface area contributed by atoms with Crippen molar-refractivity contribution in [2.24, 2.45) is 0 Å². The Morgan fingerprint density at radius 1 is 1.08 bits per heavy atom. The number of hydrogen-bond acceptors (Lipinski definition) is 4. The topological polar surface area (TPSA) is 59.4 Å². The van der Waals surface area contributed by atoms with Gasteiger partial charge in [-0.1, -0.05) is 36.8 Å². The zero-order chi connectivity index (χ0) is 18.5. The third-order valence-corrected chi connectivity index (χ3v) is 5.01. The molecule has 2 aromatic carbocycles. The molecular weight excluding hydrogens is 346 g/mol. The summed E-state index contributed by atoms with van der Waals surface area (Å²) in [4.78, 5) is 16.8. The van der Waals surface area contributed by atoms with Gasteiger partial charge in [0.2, 0.25) is 0 Å². The monoisotopic (exact) mass is 367 g/mol. The third kappa shape index (κ3) is 4.29. The molecule has 0 bridgehead atoms. The van der Waals surface area contributed by atoms with E-state index in [9.17, 15) is 9.90 Å². The molecule has 0 fully saturated rings. The Morgan fingerprint density at radius 3 is 2.35 bits per heavy atom. The molecule has 1 N–H and O–H groups in total. The molecular formula is C21H21NO3S. The molecule has 134 valence electrons. The molecule has 0 spiro atoms. The van der Waals surface area contributed by atoms with E-state index in [0.29, 0.717) is 6.61 Å². The maximum atomic E-state index is 11.3. The fourth-order valence-corrected chi connectivity index (χ4v) is 3.66. The highest BCUT2D eigenvalue weighted by Crippen LogP contribution is 2.35. The van der Waals surface area contributed by atoms with Crippen molar-refractivity contribution in [3.05, 3.63) is 59.0 Å². The first-order valence-corrected chi connectivity index (χ1v) is 9.40. The van der Waals surface area contributed by atoms with E-state index in [1.165, 1.54) is 11.3 Å². The molecule has 0 saturated carbocycles. The van der Waals surface area contributed by atoms with Gasteiger partial charge < -0.3 is 9.84 Å². The van der Waals surface area contributed by atoms with Crippen LogP contribution in [0.15, 0.2) is 48.5 Å². The molecule has 1 aromatic heterocycles. The first-order valence-electron chi connectivity index (χ1n) is 8.58. The van der Waals surface area contributed by atoms with E-state index in [1.807, 2.05) is 55.5 Å². The molecule has 1 heterocycles. The van der Waals surface area contributed by atoms with Crippen LogP contribution >= 0.6 is 11.3 Å². The number of rotatable bonds is 7. The molecule has 0 aliphatic carbocycles. The zero-order valence-corrected chi connectivity index (χ0v) is 15.7. The van der Waals surface area contributed by atoms with Crippen LogP contribution in [0.2, 0.25) is 0 Å². The summed E-state index contributed by atoms with van der Waals surface area (Å²) < 4.78 is 5.61. The Balaban J connectivity index is 1.95. The number of carbonyl (C=O) groups is 1. The van der Waals surface area contributed by atoms with Crippen molar-refractivity contribution in [3.63, 3.8) is 0 Å². The van der Waals surface area contributed by atoms with Crippen LogP contribution in [0.25, 0.3) is 21.8 Å². The zero-order valence-electron chi connectivity index (χ0n) is 14.9. The second kappa shape index (κ2) is 8.15. The van der Waals surface area contributed by atoms with Gasteiger partial charge in [-0.25, -0.2) is 4.98 Å². The van der Waals surface area contributed by atoms with Crippen LogP contribution in [-0.2, 0) is 11.2 Å². The molecule has 3 rings (SSSR count). The standard InChI is InChI=1S/C21H21NO3S/c1-3-12-25-17-10-8-16(9-11-17)21-22-20(18(26-21)13-19(23)24)15-6-4-14(2)5-7-15/h4-11H,3,12-13H2,1-2H3,(H,23,24). The minimum atomic E-state index is -0.850. The first kappa shape index (κ1) is 18.1. The summed E-state index contributed by atoms with van der Waals surface area (Å²) in [5, 5.41) is 10.1. The van der Waals surface area contributed by atoms with Gasteiger partial charge in [0, 0.05) is 16.0 Å². The number of nitrogens with zero attached hydrogens (tertiary/aromatic N) is 1. The Hall–Kier alpha value is -2.66. The van der Waals surface area contributed by atoms with E-state index in [0.717, 1.165) is 44.4 Å². The second-order valence-corrected chi connectivity index (χ2v) is 7.18. The molecule has 0 aliphatic rings. The molecule has 4 nitrogen and oxygen atoms in total. The van der Waals surface area contributed by atoms with Crippen LogP contribution in [-0.4, -0.2) is 22.7 Å². The fourth-order valence-electron chi connectivity index (χ4n) is 2.58. The smallest absolute Gasteiger partial charge is 0.308 e. The van der Waals surface area contributed by atoms with Crippen molar-refractivity contribution in [1.82, 2.24) is 4.98 Å². The quantitative estimate of drug-likeness (QED) is 0.623. The van der Waals surface area contributed by atoms with Gasteiger partial charge in [0.15, 0.2) is 0 Å². The minimum Gasteiger partial charge on any atom is -0.494 e. The van der Waals surface area contributed by atoms with Gasteiger partial charge in [0.1, 0.15) is 10.8 Å². The highest BCUT2D eigenvalue weighted by Gasteiger charge is 2.16. The Bertz CT molecular complexity index is 883. The third-order valence-electron chi connectivity index (χ3n) is 3.91. The fraction of sp³-hybridized carbons (Fsp3) is 0.238. The van der Waals surface area contributed by atoms with Crippen molar-refractivity contribution < 1.29 is 14.6 Å². The summed E-state index contributed by atoms with van der Waals surface area (Å²) >= 11 is 1.43. The van der Waals surface area contributed by atoms with E-state index in [4.69, 9.17) is 9.72 Å². The van der Waals surface area contributed by atoms with Crippen LogP contribution in [0.3, 0.4) is 0 Å². The van der Waals surface area contributed by atoms with E-state index in [1.54, 1.807) is 0 Å². The van der Waals surface area contributed by atoms with Crippen molar-refractivity contribution in [3.8, 4) is 27.6 Å². The van der Waals surface area contributed by atoms with Crippen LogP contribution in [0, 0.1) is 6.92 Å². The molecule has 3 aromatic rings. The van der Waals surface area contributed by atoms with Gasteiger partial charge in [-0.2, -0.15) is 0 Å². The lowest BCUT2D eigenvalue weighted by molar-refractivity contribution is -0.136. The summed E-state index contributed by atoms with van der Waals surface area (Å²) in [6.45, 7) is 4.79. The predicted octanol–water partition coefficient (Wildman–Crippen LogP) is 5.20. The lowest BCUT2D eigenvalue weighted by atomic mass is 10.1. The van der Waals surface area contributed by atoms with E-state index >= 15 is 0 Å². The number of aromatic nitrogens is 1. The maximum Gasteiger partial charge on any atom is 0.308 e. The van der Waals surface area contributed by atoms with Crippen molar-refractivity contribution in [2.75, 3.05) is 6.61 Å². The number of carboxylic acids is 1. The number of aliphatic carboxylic acids is 1. The Morgan fingerprint density at radius 2 is 1.73 bits per heavy atom. The summed E-state index contributed by atoms with van der Waals surface area (Å²) in [7, 11) is 0. The van der Waals surface area contributed by atoms with Crippen LogP contribution < -0.4 is 4.74 Å². The molecule has 5 heteroatoms. The second-order valence-electron chi connectivity index (χ2n) is 6.10. The highest BCUT2D eigenvalue weighted by atomic mass is 32.1. The molecule has 0 atom stereocenters. The van der Waals surface area contributed by atoms with Gasteiger partial charge in [-0.3, -0.25) is 4.79 Å². The highest BCUT2D eigenvalue weighted by molar-refractivity contribution is 7.15. The lowest BCUT2D eigenvalue weighted by Crippen LogP contribution is -1.99. The van der Waals surface area contributed by atoms with Gasteiger partial charge in [-0.05, 0) is 37.6 Å². The molecule has 0 aliphatic heterocycles. The number of benzene rings is 2. The van der Waals surface area contributed by atoms with Crippen LogP contribution in [0.5, 0.6) is 5.75 Å². The van der Waals surface area contributed by atoms with Gasteiger partial charge in [0.25, 0.3) is 0 Å². The molecule has 26 heavy (non-hydrogen) atoms. The number of hydrogen-bond donors (Lipinski definition) is 1. The molecule has 0 radical (unpaired) electrons. The van der Waals surface area contributed by atoms with Crippen molar-refractivity contribution in [1.29, 1.82) is 0 Å². The molecule has 0 unspecified atom stereocenters. The molecule has 0 saturated heterocycles. The van der Waals surface area contributed by atoms with Crippen LogP contribution in [0.4, 0.5) is 0 Å². The SMILES string of the molecule is CCCOc1ccc(-c2nc(-c3ccc(C)cc3)c(CC(=O)O)s2)cc1. The number of thiazole rings is 1. The van der Waals surface area contributed by atoms with Gasteiger partial charge >= 0.3 is 5.97 Å². The maximum absolute atomic E-state index is 11.3. The largest absolute Gasteiger partial charge is 0.494 e. The Kier molecular flexibility index (Phi) is 5.68. The van der Waals surface area contributed by atoms with Gasteiger partial charge in [-0.15, -0.1) is 11.3 Å². The summed E-state index contributed by atoms with van der Waals surface area (Å²) in [5.41, 5.74) is 3.81. The molecule has 0 amide bonds. The van der Waals surface area contributed by atoms with Crippen LogP contribution in [0.1, 0.15) is 23.8 Å². The normalized spacial score (nSPS) is 10.7. The summed E-state index contributed by atoms with van der Waals surface area (Å²) in [5.74, 6) is -0.0199. The average molecular weight is 367 g/mol. The first-order chi connectivity index (χ1) is 12.6. The minimum absolute atomic E-state index is 0.0292. The van der Waals surface area contributed by atoms with E-state index < -0.39 is 5.97 Å². The van der Waals surface area contributed by atoms with E-state index in [-0.39, 0.29) is 6.42 Å². The van der Waals surface area contributed by atoms with E-state index in [2.05, 4.69) is 6.92 Å². The van der Waals surface area contributed by atoms with Crippen molar-refractivity contribution >= 4 is 17.3 Å². The number of ether oxygens (including phenoxy) is 1. The van der Waals surface area contributed by atoms with Crippen molar-refractivity contribution in [2.45, 2.75) is 26.7 Å². The predicted molar refractivity (Wildman–Crippen MR) is 105 cm³/mol. The lowest BCUT2D eigenvalue weighted by Gasteiger charge is -2.04. The average Bonchev–Trinajstić information content (AvgIpc) is 3.04. The number of aryl methyl sites for hydroxylation is 1. The summed E-state index contributed by atoms with van der Waals surface area (Å²) in [6, 6.07) is 15.8. The summed E-state index contributed by atoms with van der Waals surface area (Å²) in [6.07, 6.45) is 0.936. The van der Waals surface area contributed by atoms with Gasteiger partial charge in [0.05, 0.1) is 18.7 Å². The number of carboxylic acid groups (broad SMARTS) is 1.